The van der Waals surface area contributed by atoms with Crippen LogP contribution in [0.4, 0.5) is 5.13 Å². The maximum absolute atomic E-state index is 13.6. The summed E-state index contributed by atoms with van der Waals surface area (Å²) in [5.74, 6) is 0.697. The van der Waals surface area contributed by atoms with Gasteiger partial charge in [0.15, 0.2) is 16.9 Å². The molecule has 5 rings (SSSR count). The van der Waals surface area contributed by atoms with E-state index in [1.54, 1.807) is 43.3 Å². The summed E-state index contributed by atoms with van der Waals surface area (Å²) in [7, 11) is 4.51. The van der Waals surface area contributed by atoms with Gasteiger partial charge in [-0.05, 0) is 36.8 Å². The van der Waals surface area contributed by atoms with Gasteiger partial charge in [-0.25, -0.2) is 0 Å². The Hall–Kier alpha value is -3.92. The second-order valence-electron chi connectivity index (χ2n) is 7.31. The van der Waals surface area contributed by atoms with Crippen molar-refractivity contribution in [3.63, 3.8) is 0 Å². The van der Waals surface area contributed by atoms with E-state index in [1.807, 2.05) is 0 Å². The van der Waals surface area contributed by atoms with Gasteiger partial charge in [0, 0.05) is 0 Å². The van der Waals surface area contributed by atoms with Gasteiger partial charge in [0.2, 0.25) is 16.6 Å². The molecule has 33 heavy (non-hydrogen) atoms. The Morgan fingerprint density at radius 1 is 1.00 bits per heavy atom. The molecule has 0 spiro atoms. The van der Waals surface area contributed by atoms with Crippen molar-refractivity contribution in [1.82, 2.24) is 10.2 Å². The molecule has 0 aliphatic carbocycles. The van der Waals surface area contributed by atoms with Crippen LogP contribution in [-0.4, -0.2) is 37.4 Å². The van der Waals surface area contributed by atoms with E-state index in [4.69, 9.17) is 18.6 Å². The quantitative estimate of drug-likeness (QED) is 0.439. The average Bonchev–Trinajstić information content (AvgIpc) is 3.39. The minimum Gasteiger partial charge on any atom is -0.493 e. The first-order valence-electron chi connectivity index (χ1n) is 9.97. The van der Waals surface area contributed by atoms with Gasteiger partial charge in [0.1, 0.15) is 10.6 Å². The minimum absolute atomic E-state index is 0.0229. The summed E-state index contributed by atoms with van der Waals surface area (Å²) in [6.45, 7) is 1.79. The van der Waals surface area contributed by atoms with E-state index in [1.165, 1.54) is 37.6 Å². The number of hydrogen-bond acceptors (Lipinski definition) is 9. The van der Waals surface area contributed by atoms with Gasteiger partial charge >= 0.3 is 0 Å². The maximum Gasteiger partial charge on any atom is 0.297 e. The summed E-state index contributed by atoms with van der Waals surface area (Å²) in [5.41, 5.74) is 0.851. The van der Waals surface area contributed by atoms with Crippen molar-refractivity contribution in [1.29, 1.82) is 0 Å². The number of ether oxygens (including phenoxy) is 3. The van der Waals surface area contributed by atoms with Crippen molar-refractivity contribution in [3.05, 3.63) is 68.5 Å². The van der Waals surface area contributed by atoms with E-state index in [0.717, 1.165) is 0 Å². The third-order valence-electron chi connectivity index (χ3n) is 5.50. The number of anilines is 1. The predicted molar refractivity (Wildman–Crippen MR) is 122 cm³/mol. The third kappa shape index (κ3) is 3.13. The van der Waals surface area contributed by atoms with Crippen molar-refractivity contribution >= 4 is 33.3 Å². The molecule has 1 atom stereocenters. The fourth-order valence-corrected chi connectivity index (χ4v) is 4.79. The van der Waals surface area contributed by atoms with E-state index in [2.05, 4.69) is 10.2 Å². The fourth-order valence-electron chi connectivity index (χ4n) is 4.08. The molecule has 3 heterocycles. The zero-order valence-electron chi connectivity index (χ0n) is 18.2. The van der Waals surface area contributed by atoms with Gasteiger partial charge in [-0.2, -0.15) is 0 Å². The highest BCUT2D eigenvalue weighted by Gasteiger charge is 2.45. The van der Waals surface area contributed by atoms with Gasteiger partial charge in [-0.3, -0.25) is 14.5 Å². The molecule has 0 unspecified atom stereocenters. The largest absolute Gasteiger partial charge is 0.493 e. The highest BCUT2D eigenvalue weighted by molar-refractivity contribution is 7.15. The molecule has 0 saturated heterocycles. The van der Waals surface area contributed by atoms with Crippen molar-refractivity contribution < 1.29 is 23.4 Å². The SMILES string of the molecule is COc1cc([C@@H]2c3c(oc4ccccc4c3=O)C(=O)N2c2nnc(C)s2)cc(OC)c1OC. The first-order valence-corrected chi connectivity index (χ1v) is 10.8. The van der Waals surface area contributed by atoms with E-state index < -0.39 is 11.9 Å². The summed E-state index contributed by atoms with van der Waals surface area (Å²) >= 11 is 1.25. The number of carbonyl (C=O) groups is 1. The van der Waals surface area contributed by atoms with Crippen LogP contribution >= 0.6 is 11.3 Å². The number of amides is 1. The smallest absolute Gasteiger partial charge is 0.297 e. The van der Waals surface area contributed by atoms with Crippen LogP contribution in [-0.2, 0) is 0 Å². The zero-order valence-corrected chi connectivity index (χ0v) is 19.1. The molecular weight excluding hydrogens is 446 g/mol. The van der Waals surface area contributed by atoms with Crippen LogP contribution in [0, 0.1) is 6.92 Å². The normalized spacial score (nSPS) is 15.1. The summed E-state index contributed by atoms with van der Waals surface area (Å²) in [4.78, 5) is 28.6. The minimum atomic E-state index is -0.825. The van der Waals surface area contributed by atoms with Crippen LogP contribution in [0.2, 0.25) is 0 Å². The molecule has 4 aromatic rings. The van der Waals surface area contributed by atoms with Crippen molar-refractivity contribution in [2.75, 3.05) is 26.2 Å². The van der Waals surface area contributed by atoms with E-state index in [0.29, 0.717) is 43.9 Å². The molecule has 168 valence electrons. The second kappa shape index (κ2) is 7.89. The van der Waals surface area contributed by atoms with Gasteiger partial charge in [-0.1, -0.05) is 23.5 Å². The number of para-hydroxylation sites is 1. The number of benzene rings is 2. The lowest BCUT2D eigenvalue weighted by molar-refractivity contribution is 0.0970. The molecule has 1 aliphatic rings. The van der Waals surface area contributed by atoms with E-state index in [-0.39, 0.29) is 16.8 Å². The second-order valence-corrected chi connectivity index (χ2v) is 8.47. The fraction of sp³-hybridized carbons (Fsp3) is 0.217. The standard InChI is InChI=1S/C23H19N3O6S/c1-11-24-25-23(33-11)26-18(12-9-15(29-2)20(31-4)16(10-12)30-3)17-19(27)13-7-5-6-8-14(13)32-21(17)22(26)28/h5-10,18H,1-4H3/t18-/m1/s1. The number of nitrogens with zero attached hydrogens (tertiary/aromatic N) is 3. The van der Waals surface area contributed by atoms with Gasteiger partial charge in [0.05, 0.1) is 38.3 Å². The Morgan fingerprint density at radius 3 is 2.30 bits per heavy atom. The van der Waals surface area contributed by atoms with Gasteiger partial charge in [-0.15, -0.1) is 10.2 Å². The Kier molecular flexibility index (Phi) is 5.01. The Bertz CT molecular complexity index is 1440. The van der Waals surface area contributed by atoms with Crippen LogP contribution in [0.5, 0.6) is 17.2 Å². The molecule has 1 aliphatic heterocycles. The maximum atomic E-state index is 13.6. The summed E-state index contributed by atoms with van der Waals surface area (Å²) in [6.07, 6.45) is 0. The number of aromatic nitrogens is 2. The van der Waals surface area contributed by atoms with Crippen LogP contribution in [0.15, 0.2) is 45.6 Å². The molecule has 0 saturated carbocycles. The van der Waals surface area contributed by atoms with Crippen LogP contribution in [0.1, 0.15) is 32.7 Å². The third-order valence-corrected chi connectivity index (χ3v) is 6.34. The van der Waals surface area contributed by atoms with Crippen molar-refractivity contribution in [3.8, 4) is 17.2 Å². The summed E-state index contributed by atoms with van der Waals surface area (Å²) < 4.78 is 22.4. The number of fused-ring (bicyclic) bond motifs is 2. The van der Waals surface area contributed by atoms with E-state index >= 15 is 0 Å². The number of hydrogen-bond donors (Lipinski definition) is 0. The molecule has 1 amide bonds. The summed E-state index contributed by atoms with van der Waals surface area (Å²) in [5, 5.41) is 9.64. The Morgan fingerprint density at radius 2 is 1.70 bits per heavy atom. The monoisotopic (exact) mass is 465 g/mol. The zero-order chi connectivity index (χ0) is 23.3. The number of aryl methyl sites for hydroxylation is 1. The predicted octanol–water partition coefficient (Wildman–Crippen LogP) is 3.73. The molecule has 2 aromatic heterocycles. The lowest BCUT2D eigenvalue weighted by Crippen LogP contribution is -2.29. The van der Waals surface area contributed by atoms with Gasteiger partial charge in [0.25, 0.3) is 5.91 Å². The molecule has 0 radical (unpaired) electrons. The molecule has 0 bridgehead atoms. The molecule has 2 aromatic carbocycles. The summed E-state index contributed by atoms with van der Waals surface area (Å²) in [6, 6.07) is 9.44. The average molecular weight is 465 g/mol. The number of carbonyl (C=O) groups excluding carboxylic acids is 1. The van der Waals surface area contributed by atoms with Gasteiger partial charge < -0.3 is 18.6 Å². The molecule has 0 fully saturated rings. The first kappa shape index (κ1) is 21.0. The van der Waals surface area contributed by atoms with Crippen LogP contribution in [0.25, 0.3) is 11.0 Å². The van der Waals surface area contributed by atoms with Crippen LogP contribution in [0.3, 0.4) is 0 Å². The molecule has 0 N–H and O–H groups in total. The molecular formula is C23H19N3O6S. The van der Waals surface area contributed by atoms with Crippen LogP contribution < -0.4 is 24.5 Å². The topological polar surface area (TPSA) is 104 Å². The Labute approximate surface area is 192 Å². The van der Waals surface area contributed by atoms with Crippen molar-refractivity contribution in [2.24, 2.45) is 0 Å². The van der Waals surface area contributed by atoms with Crippen molar-refractivity contribution in [2.45, 2.75) is 13.0 Å². The molecule has 10 heteroatoms. The first-order chi connectivity index (χ1) is 16.0. The number of rotatable bonds is 5. The Balaban J connectivity index is 1.83. The number of methoxy groups -OCH3 is 3. The highest BCUT2D eigenvalue weighted by atomic mass is 32.1. The lowest BCUT2D eigenvalue weighted by Gasteiger charge is -2.23. The highest BCUT2D eigenvalue weighted by Crippen LogP contribution is 2.46. The lowest BCUT2D eigenvalue weighted by atomic mass is 9.98. The molecule has 9 nitrogen and oxygen atoms in total. The van der Waals surface area contributed by atoms with E-state index in [9.17, 15) is 9.59 Å².